The Balaban J connectivity index is 1.82. The van der Waals surface area contributed by atoms with Crippen LogP contribution >= 0.6 is 15.9 Å². The molecule has 1 aliphatic heterocycles. The highest BCUT2D eigenvalue weighted by atomic mass is 79.9. The Hall–Kier alpha value is -3.84. The number of anilines is 1. The molecule has 3 aromatic carbocycles. The third-order valence-corrected chi connectivity index (χ3v) is 7.19. The molecule has 182 valence electrons. The number of aliphatic hydroxyl groups is 1. The van der Waals surface area contributed by atoms with Gasteiger partial charge in [0.05, 0.1) is 23.2 Å². The second kappa shape index (κ2) is 8.99. The number of rotatable bonds is 4. The number of nitrogens with one attached hydrogen (secondary N) is 1. The predicted molar refractivity (Wildman–Crippen MR) is 144 cm³/mol. The van der Waals surface area contributed by atoms with Crippen molar-refractivity contribution in [1.82, 2.24) is 4.98 Å². The van der Waals surface area contributed by atoms with Gasteiger partial charge in [0, 0.05) is 33.4 Å². The third kappa shape index (κ3) is 3.80. The number of para-hydroxylation sites is 1. The molecule has 2 N–H and O–H groups in total. The Labute approximate surface area is 217 Å². The van der Waals surface area contributed by atoms with E-state index in [2.05, 4.69) is 20.9 Å². The molecular weight excluding hydrogens is 520 g/mol. The van der Waals surface area contributed by atoms with Crippen LogP contribution in [0.3, 0.4) is 0 Å². The number of benzene rings is 3. The highest BCUT2D eigenvalue weighted by Gasteiger charge is 2.48. The summed E-state index contributed by atoms with van der Waals surface area (Å²) in [7, 11) is 1.55. The van der Waals surface area contributed by atoms with Gasteiger partial charge in [0.25, 0.3) is 11.7 Å². The van der Waals surface area contributed by atoms with Crippen molar-refractivity contribution in [2.75, 3.05) is 12.0 Å². The Morgan fingerprint density at radius 1 is 1.00 bits per heavy atom. The molecule has 6 nitrogen and oxygen atoms in total. The molecule has 7 heteroatoms. The minimum Gasteiger partial charge on any atom is -0.507 e. The van der Waals surface area contributed by atoms with Crippen molar-refractivity contribution >= 4 is 50.0 Å². The van der Waals surface area contributed by atoms with Gasteiger partial charge in [-0.3, -0.25) is 14.5 Å². The number of aromatic amines is 1. The van der Waals surface area contributed by atoms with Gasteiger partial charge in [0.1, 0.15) is 11.5 Å². The smallest absolute Gasteiger partial charge is 0.300 e. The number of Topliss-reactive ketones (excluding diaryl/α,β-unsaturated/α-hetero) is 1. The number of aliphatic hydroxyl groups excluding tert-OH is 1. The van der Waals surface area contributed by atoms with Crippen LogP contribution in [0.15, 0.2) is 70.7 Å². The van der Waals surface area contributed by atoms with Gasteiger partial charge in [0.2, 0.25) is 0 Å². The van der Waals surface area contributed by atoms with Crippen molar-refractivity contribution < 1.29 is 19.4 Å². The van der Waals surface area contributed by atoms with Gasteiger partial charge in [-0.15, -0.1) is 0 Å². The Bertz CT molecular complexity index is 1560. The van der Waals surface area contributed by atoms with Gasteiger partial charge in [0.15, 0.2) is 0 Å². The van der Waals surface area contributed by atoms with Crippen molar-refractivity contribution in [2.24, 2.45) is 0 Å². The van der Waals surface area contributed by atoms with Gasteiger partial charge in [-0.1, -0.05) is 24.3 Å². The first-order valence-electron chi connectivity index (χ1n) is 11.5. The van der Waals surface area contributed by atoms with E-state index in [0.717, 1.165) is 33.3 Å². The van der Waals surface area contributed by atoms with E-state index in [4.69, 9.17) is 4.74 Å². The van der Waals surface area contributed by atoms with Crippen LogP contribution in [0.25, 0.3) is 16.7 Å². The quantitative estimate of drug-likeness (QED) is 0.175. The Morgan fingerprint density at radius 2 is 1.69 bits per heavy atom. The number of methoxy groups -OCH3 is 1. The zero-order chi connectivity index (χ0) is 25.7. The Kier molecular flexibility index (Phi) is 5.96. The molecule has 1 atom stereocenters. The van der Waals surface area contributed by atoms with Crippen LogP contribution in [0.1, 0.15) is 34.0 Å². The minimum absolute atomic E-state index is 0.0454. The molecule has 36 heavy (non-hydrogen) atoms. The van der Waals surface area contributed by atoms with Crippen LogP contribution in [0.2, 0.25) is 0 Å². The molecule has 0 radical (unpaired) electrons. The number of amides is 1. The monoisotopic (exact) mass is 544 g/mol. The summed E-state index contributed by atoms with van der Waals surface area (Å²) >= 11 is 3.45. The van der Waals surface area contributed by atoms with Crippen molar-refractivity contribution in [2.45, 2.75) is 26.8 Å². The average molecular weight is 545 g/mol. The maximum atomic E-state index is 13.6. The first-order chi connectivity index (χ1) is 17.2. The first-order valence-corrected chi connectivity index (χ1v) is 12.3. The van der Waals surface area contributed by atoms with Gasteiger partial charge >= 0.3 is 0 Å². The van der Waals surface area contributed by atoms with E-state index in [9.17, 15) is 14.7 Å². The fourth-order valence-electron chi connectivity index (χ4n) is 5.08. The molecule has 4 aromatic rings. The summed E-state index contributed by atoms with van der Waals surface area (Å²) in [6.45, 7) is 5.82. The highest BCUT2D eigenvalue weighted by molar-refractivity contribution is 9.10. The summed E-state index contributed by atoms with van der Waals surface area (Å²) in [6, 6.07) is 17.8. The van der Waals surface area contributed by atoms with Crippen LogP contribution in [-0.4, -0.2) is 28.9 Å². The third-order valence-electron chi connectivity index (χ3n) is 6.57. The van der Waals surface area contributed by atoms with Crippen molar-refractivity contribution in [3.05, 3.63) is 98.7 Å². The molecule has 1 unspecified atom stereocenters. The molecule has 0 aliphatic carbocycles. The zero-order valence-electron chi connectivity index (χ0n) is 20.3. The van der Waals surface area contributed by atoms with E-state index in [1.807, 2.05) is 63.2 Å². The number of H-pyrrole nitrogens is 1. The number of hydrogen-bond acceptors (Lipinski definition) is 4. The second-order valence-electron chi connectivity index (χ2n) is 9.07. The van der Waals surface area contributed by atoms with E-state index in [1.165, 1.54) is 4.90 Å². The normalized spacial score (nSPS) is 17.2. The molecule has 1 fully saturated rings. The van der Waals surface area contributed by atoms with E-state index in [0.29, 0.717) is 21.5 Å². The molecule has 1 aromatic heterocycles. The lowest BCUT2D eigenvalue weighted by atomic mass is 9.93. The van der Waals surface area contributed by atoms with Gasteiger partial charge in [-0.05, 0) is 84.2 Å². The number of nitrogens with zero attached hydrogens (tertiary/aromatic N) is 1. The van der Waals surface area contributed by atoms with Crippen LogP contribution in [0, 0.1) is 20.8 Å². The van der Waals surface area contributed by atoms with Crippen LogP contribution in [-0.2, 0) is 9.59 Å². The largest absolute Gasteiger partial charge is 0.507 e. The number of halogens is 1. The Morgan fingerprint density at radius 3 is 2.36 bits per heavy atom. The van der Waals surface area contributed by atoms with Crippen molar-refractivity contribution in [3.8, 4) is 5.75 Å². The number of carbonyl (C=O) groups excluding carboxylic acids is 2. The number of aromatic nitrogens is 1. The number of aryl methyl sites for hydroxylation is 3. The summed E-state index contributed by atoms with van der Waals surface area (Å²) in [5, 5.41) is 12.4. The summed E-state index contributed by atoms with van der Waals surface area (Å²) in [6.07, 6.45) is 0. The number of fused-ring (bicyclic) bond motifs is 1. The molecule has 1 amide bonds. The van der Waals surface area contributed by atoms with Crippen molar-refractivity contribution in [1.29, 1.82) is 0 Å². The summed E-state index contributed by atoms with van der Waals surface area (Å²) in [5.74, 6) is -1.05. The minimum atomic E-state index is -0.816. The molecule has 1 saturated heterocycles. The highest BCUT2D eigenvalue weighted by Crippen LogP contribution is 2.46. The number of ether oxygens (including phenoxy) is 1. The fourth-order valence-corrected chi connectivity index (χ4v) is 5.62. The molecule has 0 spiro atoms. The van der Waals surface area contributed by atoms with Gasteiger partial charge in [-0.25, -0.2) is 0 Å². The molecule has 2 heterocycles. The number of hydrogen-bond donors (Lipinski definition) is 2. The maximum absolute atomic E-state index is 13.6. The molecule has 0 saturated carbocycles. The number of carbonyl (C=O) groups is 2. The summed E-state index contributed by atoms with van der Waals surface area (Å²) < 4.78 is 5.93. The summed E-state index contributed by atoms with van der Waals surface area (Å²) in [4.78, 5) is 32.0. The summed E-state index contributed by atoms with van der Waals surface area (Å²) in [5.41, 5.74) is 5.49. The van der Waals surface area contributed by atoms with E-state index in [-0.39, 0.29) is 11.3 Å². The lowest BCUT2D eigenvalue weighted by Gasteiger charge is -2.26. The fraction of sp³-hybridized carbons (Fsp3) is 0.172. The molecule has 5 rings (SSSR count). The first kappa shape index (κ1) is 23.9. The maximum Gasteiger partial charge on any atom is 0.300 e. The van der Waals surface area contributed by atoms with Crippen LogP contribution in [0.4, 0.5) is 5.69 Å². The SMILES string of the molecule is COc1ccc(/C(O)=C2\C(=O)C(=O)N(c3cc(C)cc(C)c3)C2c2c(C)[nH]c3ccccc23)cc1Br. The van der Waals surface area contributed by atoms with Gasteiger partial charge < -0.3 is 14.8 Å². The molecular formula is C29H25BrN2O4. The topological polar surface area (TPSA) is 82.6 Å². The van der Waals surface area contributed by atoms with E-state index >= 15 is 0 Å². The van der Waals surface area contributed by atoms with Crippen LogP contribution < -0.4 is 9.64 Å². The lowest BCUT2D eigenvalue weighted by molar-refractivity contribution is -0.132. The van der Waals surface area contributed by atoms with Gasteiger partial charge in [-0.2, -0.15) is 0 Å². The average Bonchev–Trinajstić information content (AvgIpc) is 3.30. The van der Waals surface area contributed by atoms with E-state index in [1.54, 1.807) is 25.3 Å². The predicted octanol–water partition coefficient (Wildman–Crippen LogP) is 6.49. The van der Waals surface area contributed by atoms with Crippen LogP contribution in [0.5, 0.6) is 5.75 Å². The molecule has 0 bridgehead atoms. The zero-order valence-corrected chi connectivity index (χ0v) is 21.9. The van der Waals surface area contributed by atoms with E-state index < -0.39 is 17.7 Å². The lowest BCUT2D eigenvalue weighted by Crippen LogP contribution is -2.29. The second-order valence-corrected chi connectivity index (χ2v) is 9.93. The molecule has 1 aliphatic rings. The van der Waals surface area contributed by atoms with Crippen molar-refractivity contribution in [3.63, 3.8) is 0 Å². The number of ketones is 1. The standard InChI is InChI=1S/C29H25BrN2O4/c1-15-11-16(2)13-19(12-15)32-26(24-17(3)31-22-8-6-5-7-20(22)24)25(28(34)29(32)35)27(33)18-9-10-23(36-4)21(30)14-18/h5-14,26,31,33H,1-4H3/b27-25+.